The molecule has 0 aromatic heterocycles. The minimum atomic E-state index is -3.28. The number of guanidine groups is 1. The maximum atomic E-state index is 12.4. The van der Waals surface area contributed by atoms with Gasteiger partial charge in [0.1, 0.15) is 0 Å². The van der Waals surface area contributed by atoms with Gasteiger partial charge in [-0.2, -0.15) is 4.31 Å². The first-order chi connectivity index (χ1) is 12.0. The van der Waals surface area contributed by atoms with E-state index in [1.54, 1.807) is 0 Å². The molecule has 0 bridgehead atoms. The molecule has 0 spiro atoms. The molecule has 1 aliphatic heterocycles. The van der Waals surface area contributed by atoms with E-state index in [0.717, 1.165) is 6.54 Å². The van der Waals surface area contributed by atoms with Crippen LogP contribution in [0.4, 0.5) is 0 Å². The van der Waals surface area contributed by atoms with Crippen LogP contribution >= 0.6 is 0 Å². The fraction of sp³-hybridized carbons (Fsp3) is 0.588. The lowest BCUT2D eigenvalue weighted by Gasteiger charge is -2.26. The van der Waals surface area contributed by atoms with E-state index < -0.39 is 10.0 Å². The van der Waals surface area contributed by atoms with Crippen LogP contribution in [0.25, 0.3) is 0 Å². The smallest absolute Gasteiger partial charge is 0.216 e. The molecule has 7 nitrogen and oxygen atoms in total. The predicted octanol–water partition coefficient (Wildman–Crippen LogP) is 0.746. The zero-order chi connectivity index (χ0) is 18.1. The van der Waals surface area contributed by atoms with Crippen molar-refractivity contribution in [3.8, 4) is 0 Å². The van der Waals surface area contributed by atoms with Gasteiger partial charge in [0.05, 0.1) is 25.5 Å². The van der Waals surface area contributed by atoms with Crippen molar-refractivity contribution in [1.29, 1.82) is 0 Å². The maximum absolute atomic E-state index is 12.4. The van der Waals surface area contributed by atoms with Crippen molar-refractivity contribution >= 4 is 16.0 Å². The van der Waals surface area contributed by atoms with Crippen molar-refractivity contribution in [2.45, 2.75) is 13.5 Å². The lowest BCUT2D eigenvalue weighted by atomic mass is 10.2. The summed E-state index contributed by atoms with van der Waals surface area (Å²) in [7, 11) is -1.33. The molecule has 2 rings (SSSR count). The monoisotopic (exact) mass is 368 g/mol. The third-order valence-corrected chi connectivity index (χ3v) is 5.78. The Bertz CT molecular complexity index is 643. The number of hydrogen-bond donors (Lipinski definition) is 1. The van der Waals surface area contributed by atoms with E-state index >= 15 is 0 Å². The molecule has 1 aliphatic rings. The van der Waals surface area contributed by atoms with Crippen molar-refractivity contribution in [2.75, 3.05) is 52.2 Å². The lowest BCUT2D eigenvalue weighted by molar-refractivity contribution is 0.0731. The van der Waals surface area contributed by atoms with Gasteiger partial charge in [0.25, 0.3) is 0 Å². The van der Waals surface area contributed by atoms with Gasteiger partial charge in [0.2, 0.25) is 10.0 Å². The number of nitrogens with one attached hydrogen (secondary N) is 1. The summed E-state index contributed by atoms with van der Waals surface area (Å²) in [4.78, 5) is 6.48. The van der Waals surface area contributed by atoms with Gasteiger partial charge < -0.3 is 15.0 Å². The van der Waals surface area contributed by atoms with Crippen molar-refractivity contribution in [3.63, 3.8) is 0 Å². The number of benzene rings is 1. The van der Waals surface area contributed by atoms with Crippen LogP contribution in [0.15, 0.2) is 35.3 Å². The topological polar surface area (TPSA) is 74.2 Å². The number of ether oxygens (including phenoxy) is 1. The highest BCUT2D eigenvalue weighted by molar-refractivity contribution is 7.89. The van der Waals surface area contributed by atoms with E-state index in [4.69, 9.17) is 4.74 Å². The fourth-order valence-electron chi connectivity index (χ4n) is 2.62. The normalized spacial score (nSPS) is 16.6. The zero-order valence-electron chi connectivity index (χ0n) is 15.0. The SMILES string of the molecule is CCNC(=NCCS(=O)(=O)N1CCOCC1)N(C)Cc1ccccc1. The van der Waals surface area contributed by atoms with Gasteiger partial charge in [-0.15, -0.1) is 0 Å². The zero-order valence-corrected chi connectivity index (χ0v) is 15.8. The number of rotatable bonds is 7. The highest BCUT2D eigenvalue weighted by Gasteiger charge is 2.23. The summed E-state index contributed by atoms with van der Waals surface area (Å²) in [6.07, 6.45) is 0. The van der Waals surface area contributed by atoms with Crippen LogP contribution in [0.5, 0.6) is 0 Å². The Morgan fingerprint density at radius 3 is 2.60 bits per heavy atom. The Labute approximate surface area is 150 Å². The molecule has 140 valence electrons. The van der Waals surface area contributed by atoms with Gasteiger partial charge in [-0.3, -0.25) is 4.99 Å². The average molecular weight is 369 g/mol. The van der Waals surface area contributed by atoms with E-state index in [1.807, 2.05) is 37.1 Å². The second-order valence-electron chi connectivity index (χ2n) is 5.90. The molecule has 0 unspecified atom stereocenters. The molecule has 1 fully saturated rings. The Morgan fingerprint density at radius 1 is 1.28 bits per heavy atom. The molecular weight excluding hydrogens is 340 g/mol. The summed E-state index contributed by atoms with van der Waals surface area (Å²) in [6.45, 7) is 5.46. The van der Waals surface area contributed by atoms with Gasteiger partial charge >= 0.3 is 0 Å². The van der Waals surface area contributed by atoms with Crippen LogP contribution < -0.4 is 5.32 Å². The molecule has 1 saturated heterocycles. The second kappa shape index (κ2) is 9.74. The summed E-state index contributed by atoms with van der Waals surface area (Å²) < 4.78 is 31.4. The lowest BCUT2D eigenvalue weighted by Crippen LogP contribution is -2.42. The molecule has 0 radical (unpaired) electrons. The minimum absolute atomic E-state index is 0.0150. The van der Waals surface area contributed by atoms with Crippen LogP contribution in [0, 0.1) is 0 Å². The Balaban J connectivity index is 1.94. The van der Waals surface area contributed by atoms with Gasteiger partial charge in [0.15, 0.2) is 5.96 Å². The van der Waals surface area contributed by atoms with Crippen molar-refractivity contribution < 1.29 is 13.2 Å². The number of aliphatic imine (C=N–C) groups is 1. The van der Waals surface area contributed by atoms with E-state index in [1.165, 1.54) is 9.87 Å². The Morgan fingerprint density at radius 2 is 1.96 bits per heavy atom. The number of nitrogens with zero attached hydrogens (tertiary/aromatic N) is 3. The van der Waals surface area contributed by atoms with Crippen molar-refractivity contribution in [3.05, 3.63) is 35.9 Å². The summed E-state index contributed by atoms with van der Waals surface area (Å²) in [5, 5.41) is 3.22. The van der Waals surface area contributed by atoms with Crippen LogP contribution in [0.3, 0.4) is 0 Å². The quantitative estimate of drug-likeness (QED) is 0.568. The van der Waals surface area contributed by atoms with E-state index in [2.05, 4.69) is 22.4 Å². The van der Waals surface area contributed by atoms with Crippen LogP contribution in [-0.2, 0) is 21.3 Å². The summed E-state index contributed by atoms with van der Waals surface area (Å²) in [5.41, 5.74) is 1.18. The average Bonchev–Trinajstić information content (AvgIpc) is 2.62. The van der Waals surface area contributed by atoms with Crippen molar-refractivity contribution in [2.24, 2.45) is 4.99 Å². The van der Waals surface area contributed by atoms with E-state index in [9.17, 15) is 8.42 Å². The van der Waals surface area contributed by atoms with Gasteiger partial charge in [-0.25, -0.2) is 8.42 Å². The summed E-state index contributed by atoms with van der Waals surface area (Å²) >= 11 is 0. The second-order valence-corrected chi connectivity index (χ2v) is 7.99. The summed E-state index contributed by atoms with van der Waals surface area (Å²) in [6, 6.07) is 10.1. The van der Waals surface area contributed by atoms with Gasteiger partial charge in [-0.1, -0.05) is 30.3 Å². The van der Waals surface area contributed by atoms with Crippen LogP contribution in [0.2, 0.25) is 0 Å². The number of sulfonamides is 1. The molecule has 1 aromatic carbocycles. The molecule has 0 amide bonds. The van der Waals surface area contributed by atoms with Crippen LogP contribution in [0.1, 0.15) is 12.5 Å². The Kier molecular flexibility index (Phi) is 7.67. The first kappa shape index (κ1) is 19.7. The molecular formula is C17H28N4O3S. The first-order valence-electron chi connectivity index (χ1n) is 8.62. The predicted molar refractivity (Wildman–Crippen MR) is 100 cm³/mol. The number of morpholine rings is 1. The standard InChI is InChI=1S/C17H28N4O3S/c1-3-18-17(20(2)15-16-7-5-4-6-8-16)19-9-14-25(22,23)21-10-12-24-13-11-21/h4-8H,3,9-15H2,1-2H3,(H,18,19). The molecule has 8 heteroatoms. The molecule has 0 saturated carbocycles. The van der Waals surface area contributed by atoms with E-state index in [0.29, 0.717) is 38.8 Å². The highest BCUT2D eigenvalue weighted by Crippen LogP contribution is 2.06. The minimum Gasteiger partial charge on any atom is -0.379 e. The Hall–Kier alpha value is -1.64. The number of hydrogen-bond acceptors (Lipinski definition) is 4. The third-order valence-electron chi connectivity index (χ3n) is 3.93. The molecule has 0 atom stereocenters. The highest BCUT2D eigenvalue weighted by atomic mass is 32.2. The molecule has 1 heterocycles. The molecule has 1 N–H and O–H groups in total. The molecule has 1 aromatic rings. The van der Waals surface area contributed by atoms with Crippen LogP contribution in [-0.4, -0.2) is 75.8 Å². The maximum Gasteiger partial charge on any atom is 0.216 e. The van der Waals surface area contributed by atoms with Gasteiger partial charge in [0, 0.05) is 33.2 Å². The van der Waals surface area contributed by atoms with Crippen molar-refractivity contribution in [1.82, 2.24) is 14.5 Å². The largest absolute Gasteiger partial charge is 0.379 e. The fourth-order valence-corrected chi connectivity index (χ4v) is 3.91. The third kappa shape index (κ3) is 6.30. The van der Waals surface area contributed by atoms with Gasteiger partial charge in [-0.05, 0) is 12.5 Å². The molecule has 25 heavy (non-hydrogen) atoms. The van der Waals surface area contributed by atoms with E-state index in [-0.39, 0.29) is 12.3 Å². The molecule has 0 aliphatic carbocycles. The summed E-state index contributed by atoms with van der Waals surface area (Å²) in [5.74, 6) is 0.727. The first-order valence-corrected chi connectivity index (χ1v) is 10.2.